The van der Waals surface area contributed by atoms with Crippen LogP contribution in [0, 0.1) is 11.8 Å². The predicted molar refractivity (Wildman–Crippen MR) is 89.2 cm³/mol. The molecular weight excluding hydrogens is 342 g/mol. The molecule has 1 aliphatic rings. The van der Waals surface area contributed by atoms with E-state index in [1.165, 1.54) is 23.3 Å². The van der Waals surface area contributed by atoms with Crippen LogP contribution in [-0.4, -0.2) is 60.6 Å². The van der Waals surface area contributed by atoms with Crippen LogP contribution in [0.15, 0.2) is 24.8 Å². The fourth-order valence-electron chi connectivity index (χ4n) is 2.50. The number of allylic oxidation sites excluding steroid dienone is 1. The number of esters is 1. The third kappa shape index (κ3) is 3.36. The third-order valence-electron chi connectivity index (χ3n) is 3.71. The van der Waals surface area contributed by atoms with Gasteiger partial charge in [-0.25, -0.2) is 19.7 Å². The van der Waals surface area contributed by atoms with Gasteiger partial charge in [-0.05, 0) is 13.0 Å². The van der Waals surface area contributed by atoms with Crippen molar-refractivity contribution in [2.45, 2.75) is 31.5 Å². The van der Waals surface area contributed by atoms with Crippen LogP contribution in [0.25, 0.3) is 11.2 Å². The highest BCUT2D eigenvalue weighted by Crippen LogP contribution is 2.31. The second kappa shape index (κ2) is 7.49. The van der Waals surface area contributed by atoms with Crippen molar-refractivity contribution in [2.24, 2.45) is 0 Å². The molecule has 0 spiro atoms. The Bertz CT molecular complexity index is 899. The molecule has 0 radical (unpaired) electrons. The quantitative estimate of drug-likeness (QED) is 0.362. The number of nitrogen functional groups attached to an aromatic ring is 1. The summed E-state index contributed by atoms with van der Waals surface area (Å²) in [6.07, 6.45) is 0.703. The molecule has 0 saturated carbocycles. The number of carbonyl (C=O) groups excluding carboxylic acids is 1. The number of aromatic nitrogens is 4. The van der Waals surface area contributed by atoms with Crippen LogP contribution in [0.1, 0.15) is 13.2 Å². The summed E-state index contributed by atoms with van der Waals surface area (Å²) in [7, 11) is 0. The summed E-state index contributed by atoms with van der Waals surface area (Å²) in [5.74, 6) is 4.90. The molecule has 10 nitrogen and oxygen atoms in total. The number of hydrogen-bond donors (Lipinski definition) is 3. The number of carbonyl (C=O) groups is 1. The van der Waals surface area contributed by atoms with Gasteiger partial charge in [0.1, 0.15) is 30.2 Å². The molecule has 3 rings (SSSR count). The van der Waals surface area contributed by atoms with Gasteiger partial charge < -0.3 is 25.4 Å². The number of fused-ring (bicyclic) bond motifs is 1. The highest BCUT2D eigenvalue weighted by Gasteiger charge is 2.43. The van der Waals surface area contributed by atoms with Gasteiger partial charge in [0.25, 0.3) is 0 Å². The minimum absolute atomic E-state index is 0.197. The number of imidazole rings is 1. The van der Waals surface area contributed by atoms with E-state index in [1.807, 2.05) is 0 Å². The lowest BCUT2D eigenvalue weighted by Crippen LogP contribution is -2.30. The second-order valence-corrected chi connectivity index (χ2v) is 5.39. The highest BCUT2D eigenvalue weighted by atomic mass is 16.6. The maximum atomic E-state index is 11.2. The molecule has 4 atom stereocenters. The monoisotopic (exact) mass is 359 g/mol. The maximum absolute atomic E-state index is 11.2. The Balaban J connectivity index is 1.78. The normalized spacial score (nSPS) is 25.3. The van der Waals surface area contributed by atoms with Crippen LogP contribution in [0.2, 0.25) is 0 Å². The number of ether oxygens (including phenoxy) is 2. The molecule has 136 valence electrons. The number of nitrogens with zero attached hydrogens (tertiary/aromatic N) is 4. The molecule has 0 bridgehead atoms. The van der Waals surface area contributed by atoms with Gasteiger partial charge in [0.2, 0.25) is 0 Å². The Kier molecular flexibility index (Phi) is 5.13. The average molecular weight is 359 g/mol. The Morgan fingerprint density at radius 3 is 3.00 bits per heavy atom. The van der Waals surface area contributed by atoms with Crippen LogP contribution in [0.4, 0.5) is 5.82 Å². The summed E-state index contributed by atoms with van der Waals surface area (Å²) in [6.45, 7) is 1.96. The van der Waals surface area contributed by atoms with Crippen molar-refractivity contribution in [1.82, 2.24) is 19.5 Å². The van der Waals surface area contributed by atoms with Gasteiger partial charge in [-0.2, -0.15) is 0 Å². The van der Waals surface area contributed by atoms with E-state index in [1.54, 1.807) is 6.92 Å². The van der Waals surface area contributed by atoms with E-state index in [9.17, 15) is 15.0 Å². The van der Waals surface area contributed by atoms with E-state index in [0.717, 1.165) is 6.08 Å². The van der Waals surface area contributed by atoms with E-state index in [-0.39, 0.29) is 12.4 Å². The van der Waals surface area contributed by atoms with E-state index in [0.29, 0.717) is 11.2 Å². The minimum atomic E-state index is -1.25. The first-order valence-electron chi connectivity index (χ1n) is 7.82. The molecule has 3 heterocycles. The Hall–Kier alpha value is -3.00. The van der Waals surface area contributed by atoms with Gasteiger partial charge in [-0.3, -0.25) is 4.57 Å². The molecule has 0 aliphatic carbocycles. The smallest absolute Gasteiger partial charge is 0.331 e. The predicted octanol–water partition coefficient (Wildman–Crippen LogP) is -0.850. The molecule has 2 aromatic rings. The van der Waals surface area contributed by atoms with Crippen LogP contribution >= 0.6 is 0 Å². The van der Waals surface area contributed by atoms with E-state index >= 15 is 0 Å². The Morgan fingerprint density at radius 2 is 2.23 bits per heavy atom. The zero-order valence-corrected chi connectivity index (χ0v) is 13.8. The summed E-state index contributed by atoms with van der Waals surface area (Å²) >= 11 is 0. The number of anilines is 1. The first kappa shape index (κ1) is 17.8. The number of aliphatic hydroxyl groups is 2. The van der Waals surface area contributed by atoms with E-state index < -0.39 is 30.5 Å². The van der Waals surface area contributed by atoms with Crippen LogP contribution < -0.4 is 5.73 Å². The second-order valence-electron chi connectivity index (χ2n) is 5.39. The molecule has 0 amide bonds. The van der Waals surface area contributed by atoms with Gasteiger partial charge in [0, 0.05) is 6.08 Å². The maximum Gasteiger partial charge on any atom is 0.331 e. The van der Waals surface area contributed by atoms with Gasteiger partial charge in [0.05, 0.1) is 12.9 Å². The molecule has 0 unspecified atom stereocenters. The largest absolute Gasteiger partial charge is 0.463 e. The molecule has 1 aliphatic heterocycles. The first-order chi connectivity index (χ1) is 12.5. The number of aliphatic hydroxyl groups excluding tert-OH is 2. The SMILES string of the molecule is CCOC(=O)/C=C\C#C[C@H]1O[C@@H](n2cnc3c(N)ncnc32)[C@H](O)[C@@H]1O. The van der Waals surface area contributed by atoms with Crippen LogP contribution in [-0.2, 0) is 14.3 Å². The van der Waals surface area contributed by atoms with Crippen molar-refractivity contribution < 1.29 is 24.5 Å². The standard InChI is InChI=1S/C16H17N5O5/c1-2-25-10(22)6-4-3-5-9-12(23)13(24)16(26-9)21-8-20-11-14(17)18-7-19-15(11)21/h4,6-9,12-13,16,23-24H,2H2,1H3,(H2,17,18,19)/b6-4-/t9-,12-,13-,16-/m1/s1. The summed E-state index contributed by atoms with van der Waals surface area (Å²) in [6, 6.07) is 0. The molecule has 1 saturated heterocycles. The topological polar surface area (TPSA) is 146 Å². The number of nitrogens with two attached hydrogens (primary N) is 1. The molecule has 0 aromatic carbocycles. The lowest BCUT2D eigenvalue weighted by atomic mass is 10.1. The first-order valence-corrected chi connectivity index (χ1v) is 7.82. The van der Waals surface area contributed by atoms with Gasteiger partial charge in [-0.1, -0.05) is 11.8 Å². The number of rotatable bonds is 3. The zero-order chi connectivity index (χ0) is 18.7. The van der Waals surface area contributed by atoms with E-state index in [2.05, 4.69) is 26.8 Å². The summed E-state index contributed by atoms with van der Waals surface area (Å²) in [5.41, 5.74) is 6.47. The van der Waals surface area contributed by atoms with E-state index in [4.69, 9.17) is 15.2 Å². The van der Waals surface area contributed by atoms with Crippen molar-refractivity contribution in [2.75, 3.05) is 12.3 Å². The molecular formula is C16H17N5O5. The van der Waals surface area contributed by atoms with Crippen LogP contribution in [0.5, 0.6) is 0 Å². The van der Waals surface area contributed by atoms with Crippen molar-refractivity contribution >= 4 is 23.0 Å². The highest BCUT2D eigenvalue weighted by molar-refractivity contribution is 5.82. The molecule has 1 fully saturated rings. The minimum Gasteiger partial charge on any atom is -0.463 e. The Labute approximate surface area is 148 Å². The lowest BCUT2D eigenvalue weighted by molar-refractivity contribution is -0.137. The molecule has 26 heavy (non-hydrogen) atoms. The third-order valence-corrected chi connectivity index (χ3v) is 3.71. The van der Waals surface area contributed by atoms with Gasteiger partial charge >= 0.3 is 5.97 Å². The molecule has 4 N–H and O–H groups in total. The fraction of sp³-hybridized carbons (Fsp3) is 0.375. The summed E-state index contributed by atoms with van der Waals surface area (Å²) < 4.78 is 11.8. The summed E-state index contributed by atoms with van der Waals surface area (Å²) in [5, 5.41) is 20.4. The van der Waals surface area contributed by atoms with Crippen LogP contribution in [0.3, 0.4) is 0 Å². The van der Waals surface area contributed by atoms with Crippen molar-refractivity contribution in [3.05, 3.63) is 24.8 Å². The van der Waals surface area contributed by atoms with Crippen molar-refractivity contribution in [3.63, 3.8) is 0 Å². The van der Waals surface area contributed by atoms with Gasteiger partial charge in [-0.15, -0.1) is 0 Å². The molecule has 2 aromatic heterocycles. The van der Waals surface area contributed by atoms with Crippen molar-refractivity contribution in [3.8, 4) is 11.8 Å². The number of hydrogen-bond acceptors (Lipinski definition) is 9. The Morgan fingerprint density at radius 1 is 1.42 bits per heavy atom. The fourth-order valence-corrected chi connectivity index (χ4v) is 2.50. The summed E-state index contributed by atoms with van der Waals surface area (Å²) in [4.78, 5) is 23.2. The molecule has 10 heteroatoms. The average Bonchev–Trinajstić information content (AvgIpc) is 3.16. The lowest BCUT2D eigenvalue weighted by Gasteiger charge is -2.16. The van der Waals surface area contributed by atoms with Gasteiger partial charge in [0.15, 0.2) is 17.7 Å². The van der Waals surface area contributed by atoms with Crippen molar-refractivity contribution in [1.29, 1.82) is 0 Å². The zero-order valence-electron chi connectivity index (χ0n) is 13.8.